The summed E-state index contributed by atoms with van der Waals surface area (Å²) in [6, 6.07) is 49.0. The minimum atomic E-state index is -0.480. The Balaban J connectivity index is 1.11. The fourth-order valence-electron chi connectivity index (χ4n) is 7.52. The number of fused-ring (bicyclic) bond motifs is 7. The Hall–Kier alpha value is -8.10. The van der Waals surface area contributed by atoms with Crippen LogP contribution in [-0.4, -0.2) is 33.0 Å². The third kappa shape index (κ3) is 7.90. The maximum absolute atomic E-state index is 13.0. The number of methoxy groups -OCH3 is 2. The van der Waals surface area contributed by atoms with Gasteiger partial charge in [0.2, 0.25) is 6.79 Å². The van der Waals surface area contributed by atoms with Gasteiger partial charge in [-0.2, -0.15) is 0 Å². The highest BCUT2D eigenvalue weighted by molar-refractivity contribution is 6.13. The van der Waals surface area contributed by atoms with Crippen LogP contribution in [0.15, 0.2) is 158 Å². The summed E-state index contributed by atoms with van der Waals surface area (Å²) in [5, 5.41) is 4.05. The molecule has 8 aromatic carbocycles. The van der Waals surface area contributed by atoms with Gasteiger partial charge in [-0.05, 0) is 82.2 Å². The van der Waals surface area contributed by atoms with Crippen molar-refractivity contribution in [1.29, 1.82) is 0 Å². The largest absolute Gasteiger partial charge is 0.496 e. The lowest BCUT2D eigenvalue weighted by atomic mass is 9.88. The fourth-order valence-corrected chi connectivity index (χ4v) is 7.52. The minimum absolute atomic E-state index is 0.0402. The summed E-state index contributed by atoms with van der Waals surface area (Å²) >= 11 is 0. The average molecular weight is 803 g/mol. The van der Waals surface area contributed by atoms with E-state index < -0.39 is 11.9 Å². The maximum Gasteiger partial charge on any atom is 0.343 e. The van der Waals surface area contributed by atoms with Crippen LogP contribution in [0.3, 0.4) is 0 Å². The van der Waals surface area contributed by atoms with Gasteiger partial charge in [-0.1, -0.05) is 121 Å². The predicted molar refractivity (Wildman–Crippen MR) is 240 cm³/mol. The van der Waals surface area contributed by atoms with Crippen molar-refractivity contribution in [3.63, 3.8) is 0 Å². The van der Waals surface area contributed by atoms with Crippen LogP contribution in [-0.2, 0) is 0 Å². The predicted octanol–water partition coefficient (Wildman–Crippen LogP) is 12.2. The molecule has 0 radical (unpaired) electrons. The second-order valence-corrected chi connectivity index (χ2v) is 14.2. The third-order valence-electron chi connectivity index (χ3n) is 10.4. The molecule has 0 atom stereocenters. The second kappa shape index (κ2) is 17.0. The van der Waals surface area contributed by atoms with E-state index in [9.17, 15) is 9.59 Å². The van der Waals surface area contributed by atoms with E-state index in [1.54, 1.807) is 62.8 Å². The van der Waals surface area contributed by atoms with Crippen LogP contribution in [0.2, 0.25) is 0 Å². The molecule has 0 fully saturated rings. The van der Waals surface area contributed by atoms with Gasteiger partial charge < -0.3 is 28.4 Å². The molecule has 0 bridgehead atoms. The van der Waals surface area contributed by atoms with Gasteiger partial charge in [0.05, 0.1) is 25.3 Å². The number of carbonyl (C=O) groups excluding carboxylic acids is 2. The fraction of sp³-hybridized carbons (Fsp3) is 0.0566. The zero-order valence-electron chi connectivity index (χ0n) is 33.3. The highest BCUT2D eigenvalue weighted by Gasteiger charge is 2.26. The van der Waals surface area contributed by atoms with Crippen LogP contribution >= 0.6 is 0 Å². The summed E-state index contributed by atoms with van der Waals surface area (Å²) in [5.74, 6) is 2.33. The number of hydrogen-bond donors (Lipinski definition) is 0. The van der Waals surface area contributed by atoms with Gasteiger partial charge >= 0.3 is 11.9 Å². The van der Waals surface area contributed by atoms with Crippen molar-refractivity contribution in [3.05, 3.63) is 191 Å². The Kier molecular flexibility index (Phi) is 10.7. The van der Waals surface area contributed by atoms with Gasteiger partial charge in [0.1, 0.15) is 34.5 Å². The van der Waals surface area contributed by atoms with Crippen LogP contribution in [0.4, 0.5) is 0 Å². The molecule has 1 aliphatic heterocycles. The van der Waals surface area contributed by atoms with Crippen molar-refractivity contribution in [2.24, 2.45) is 0 Å². The molecular weight excluding hydrogens is 765 g/mol. The number of esters is 2. The monoisotopic (exact) mass is 802 g/mol. The quantitative estimate of drug-likeness (QED) is 0.0767. The van der Waals surface area contributed by atoms with Crippen LogP contribution in [0.1, 0.15) is 43.0 Å². The molecule has 8 nitrogen and oxygen atoms in total. The highest BCUT2D eigenvalue weighted by Crippen LogP contribution is 2.50. The summed E-state index contributed by atoms with van der Waals surface area (Å²) in [6.07, 6.45) is 7.88. The van der Waals surface area contributed by atoms with Crippen molar-refractivity contribution in [2.45, 2.75) is 0 Å². The van der Waals surface area contributed by atoms with Crippen LogP contribution in [0.25, 0.3) is 57.0 Å². The lowest BCUT2D eigenvalue weighted by Crippen LogP contribution is -2.08. The molecule has 61 heavy (non-hydrogen) atoms. The maximum atomic E-state index is 13.0. The molecule has 0 aromatic heterocycles. The zero-order chi connectivity index (χ0) is 41.7. The Bertz CT molecular complexity index is 2800. The minimum Gasteiger partial charge on any atom is -0.496 e. The van der Waals surface area contributed by atoms with Crippen LogP contribution in [0, 0.1) is 0 Å². The van der Waals surface area contributed by atoms with Crippen molar-refractivity contribution in [1.82, 2.24) is 0 Å². The molecule has 9 rings (SSSR count). The van der Waals surface area contributed by atoms with Gasteiger partial charge in [-0.3, -0.25) is 0 Å². The summed E-state index contributed by atoms with van der Waals surface area (Å²) < 4.78 is 35.7. The molecule has 8 aromatic rings. The first-order valence-corrected chi connectivity index (χ1v) is 19.6. The summed E-state index contributed by atoms with van der Waals surface area (Å²) in [4.78, 5) is 26.0. The number of benzene rings is 8. The molecule has 1 heterocycles. The molecule has 0 aliphatic carbocycles. The number of para-hydroxylation sites is 2. The molecule has 1 aliphatic rings. The lowest BCUT2D eigenvalue weighted by Gasteiger charge is -2.17. The van der Waals surface area contributed by atoms with Crippen LogP contribution in [0.5, 0.6) is 34.5 Å². The summed E-state index contributed by atoms with van der Waals surface area (Å²) in [5.41, 5.74) is 5.74. The summed E-state index contributed by atoms with van der Waals surface area (Å²) in [6.45, 7) is -0.0402. The van der Waals surface area contributed by atoms with Crippen molar-refractivity contribution in [2.75, 3.05) is 21.0 Å². The smallest absolute Gasteiger partial charge is 0.343 e. The molecule has 0 unspecified atom stereocenters. The Labute approximate surface area is 352 Å². The highest BCUT2D eigenvalue weighted by atomic mass is 16.7. The lowest BCUT2D eigenvalue weighted by molar-refractivity contribution is 0.0725. The average Bonchev–Trinajstić information content (AvgIpc) is 3.52. The Morgan fingerprint density at radius 2 is 0.852 bits per heavy atom. The molecule has 0 saturated heterocycles. The molecule has 298 valence electrons. The van der Waals surface area contributed by atoms with Crippen molar-refractivity contribution in [3.8, 4) is 45.6 Å². The van der Waals surface area contributed by atoms with E-state index in [0.29, 0.717) is 45.6 Å². The van der Waals surface area contributed by atoms with Gasteiger partial charge in [0.25, 0.3) is 0 Å². The van der Waals surface area contributed by atoms with E-state index in [4.69, 9.17) is 28.4 Å². The van der Waals surface area contributed by atoms with Gasteiger partial charge in [-0.15, -0.1) is 0 Å². The van der Waals surface area contributed by atoms with Gasteiger partial charge in [0.15, 0.2) is 0 Å². The first kappa shape index (κ1) is 38.4. The summed E-state index contributed by atoms with van der Waals surface area (Å²) in [7, 11) is 3.15. The molecule has 0 amide bonds. The van der Waals surface area contributed by atoms with E-state index in [0.717, 1.165) is 54.9 Å². The number of rotatable bonds is 10. The van der Waals surface area contributed by atoms with E-state index in [1.165, 1.54) is 0 Å². The molecule has 0 saturated carbocycles. The van der Waals surface area contributed by atoms with E-state index >= 15 is 0 Å². The third-order valence-corrected chi connectivity index (χ3v) is 10.4. The molecule has 0 N–H and O–H groups in total. The topological polar surface area (TPSA) is 89.5 Å². The first-order chi connectivity index (χ1) is 30.0. The standard InChI is InChI=1S/C53H38O8/c1-56-46-31-40(52(54)60-42-15-5-3-6-16-42)27-23-34(46)21-25-38-29-36-13-9-11-19-44(36)48-49-45-20-12-10-14-37(45)30-39(51(49)59-33-58-50(38)48)26-22-35-24-28-41(32-47(35)57-2)53(55)61-43-17-7-4-8-18-43/h3-32H,33H2,1-2H3/b25-21-,26-22-. The van der Waals surface area contributed by atoms with Crippen molar-refractivity contribution >= 4 is 57.8 Å². The van der Waals surface area contributed by atoms with Crippen molar-refractivity contribution < 1.29 is 38.0 Å². The van der Waals surface area contributed by atoms with E-state index in [-0.39, 0.29) is 6.79 Å². The number of carbonyl (C=O) groups is 2. The molecule has 8 heteroatoms. The van der Waals surface area contributed by atoms with Crippen LogP contribution < -0.4 is 28.4 Å². The SMILES string of the molecule is COc1cc(C(=O)Oc2ccccc2)ccc1/C=C\c1cc2ccccc2c2c1OCOc1c(/C=C\c3ccc(C(=O)Oc4ccccc4)cc3OC)cc3ccccc3c1-2. The van der Waals surface area contributed by atoms with Gasteiger partial charge in [-0.25, -0.2) is 9.59 Å². The Morgan fingerprint density at radius 3 is 1.28 bits per heavy atom. The second-order valence-electron chi connectivity index (χ2n) is 14.2. The van der Waals surface area contributed by atoms with Gasteiger partial charge in [0, 0.05) is 33.4 Å². The normalized spacial score (nSPS) is 12.0. The number of hydrogen-bond acceptors (Lipinski definition) is 8. The zero-order valence-corrected chi connectivity index (χ0v) is 33.3. The number of ether oxygens (including phenoxy) is 6. The van der Waals surface area contributed by atoms with E-state index in [1.807, 2.05) is 97.1 Å². The Morgan fingerprint density at radius 1 is 0.459 bits per heavy atom. The molecular formula is C53H38O8. The first-order valence-electron chi connectivity index (χ1n) is 19.6. The van der Waals surface area contributed by atoms with E-state index in [2.05, 4.69) is 36.4 Å². The molecule has 0 spiro atoms.